The number of rotatable bonds is 48. The van der Waals surface area contributed by atoms with Crippen molar-refractivity contribution in [2.45, 2.75) is 251 Å². The summed E-state index contributed by atoms with van der Waals surface area (Å²) in [6, 6.07) is 0. The Balaban J connectivity index is 3.80. The molecule has 0 bridgehead atoms. The van der Waals surface area contributed by atoms with E-state index in [0.29, 0.717) is 12.8 Å². The molecule has 0 aliphatic carbocycles. The number of unbranched alkanes of at least 4 members (excludes halogenated alkanes) is 28. The van der Waals surface area contributed by atoms with Crippen LogP contribution in [0.4, 0.5) is 0 Å². The van der Waals surface area contributed by atoms with Crippen LogP contribution < -0.4 is 0 Å². The van der Waals surface area contributed by atoms with E-state index in [1.54, 1.807) is 0 Å². The minimum atomic E-state index is -4.64. The lowest BCUT2D eigenvalue weighted by Gasteiger charge is -2.20. The van der Waals surface area contributed by atoms with Crippen molar-refractivity contribution in [1.29, 1.82) is 0 Å². The highest BCUT2D eigenvalue weighted by Gasteiger charge is 2.27. The molecule has 0 spiro atoms. The Morgan fingerprint density at radius 3 is 1.10 bits per heavy atom. The molecule has 0 fully saturated rings. The molecule has 10 nitrogen and oxygen atoms in total. The van der Waals surface area contributed by atoms with Gasteiger partial charge in [-0.1, -0.05) is 217 Å². The summed E-state index contributed by atoms with van der Waals surface area (Å²) in [5.74, 6) is -1.03. The van der Waals surface area contributed by atoms with Gasteiger partial charge in [-0.25, -0.2) is 4.57 Å². The summed E-state index contributed by atoms with van der Waals surface area (Å²) < 4.78 is 32.7. The summed E-state index contributed by atoms with van der Waals surface area (Å²) in [6.07, 6.45) is 51.3. The summed E-state index contributed by atoms with van der Waals surface area (Å²) >= 11 is 0. The zero-order valence-corrected chi connectivity index (χ0v) is 40.7. The van der Waals surface area contributed by atoms with Crippen molar-refractivity contribution in [1.82, 2.24) is 0 Å². The largest absolute Gasteiger partial charge is 0.472 e. The molecule has 0 aromatic heterocycles. The SMILES string of the molecule is CC/C=C\C/C=C\C/C=C\CCCCCCCC(=O)OC(CO)COP(=O)(O)OCC(CO)OC(=O)CCCCCCCCCCCCCCCCCCCCCCCCCC. The first-order chi connectivity index (χ1) is 30.3. The second-order valence-corrected chi connectivity index (χ2v) is 18.6. The fourth-order valence-electron chi connectivity index (χ4n) is 7.25. The van der Waals surface area contributed by atoms with Gasteiger partial charge in [-0.3, -0.25) is 18.6 Å². The minimum absolute atomic E-state index is 0.173. The molecule has 3 atom stereocenters. The second kappa shape index (κ2) is 47.2. The number of ether oxygens (including phenoxy) is 2. The number of hydrogen-bond acceptors (Lipinski definition) is 9. The molecule has 11 heteroatoms. The Hall–Kier alpha value is -1.81. The van der Waals surface area contributed by atoms with Gasteiger partial charge in [0.1, 0.15) is 12.2 Å². The number of allylic oxidation sites excluding steroid dienone is 6. The van der Waals surface area contributed by atoms with Crippen LogP contribution in [-0.2, 0) is 32.7 Å². The maximum Gasteiger partial charge on any atom is 0.472 e. The molecule has 0 aromatic carbocycles. The molecule has 0 amide bonds. The quantitative estimate of drug-likeness (QED) is 0.0233. The van der Waals surface area contributed by atoms with Crippen molar-refractivity contribution in [3.8, 4) is 0 Å². The van der Waals surface area contributed by atoms with E-state index in [1.165, 1.54) is 128 Å². The number of hydrogen-bond donors (Lipinski definition) is 3. The Morgan fingerprint density at radius 2 is 0.758 bits per heavy atom. The molecule has 0 aromatic rings. The van der Waals surface area contributed by atoms with Gasteiger partial charge in [0.15, 0.2) is 0 Å². The average molecular weight is 899 g/mol. The molecule has 364 valence electrons. The molecule has 0 aliphatic rings. The van der Waals surface area contributed by atoms with E-state index in [4.69, 9.17) is 18.5 Å². The molecule has 0 aliphatic heterocycles. The predicted molar refractivity (Wildman–Crippen MR) is 256 cm³/mol. The van der Waals surface area contributed by atoms with E-state index in [2.05, 4.69) is 50.3 Å². The Morgan fingerprint density at radius 1 is 0.452 bits per heavy atom. The van der Waals surface area contributed by atoms with Crippen LogP contribution in [0.15, 0.2) is 36.5 Å². The number of aliphatic hydroxyl groups is 2. The van der Waals surface area contributed by atoms with Crippen LogP contribution in [0.2, 0.25) is 0 Å². The Labute approximate surface area is 380 Å². The van der Waals surface area contributed by atoms with Gasteiger partial charge < -0.3 is 24.6 Å². The lowest BCUT2D eigenvalue weighted by molar-refractivity contribution is -0.153. The van der Waals surface area contributed by atoms with Crippen LogP contribution in [-0.4, -0.2) is 65.7 Å². The van der Waals surface area contributed by atoms with Crippen LogP contribution >= 0.6 is 7.82 Å². The monoisotopic (exact) mass is 899 g/mol. The van der Waals surface area contributed by atoms with Gasteiger partial charge in [-0.05, 0) is 44.9 Å². The van der Waals surface area contributed by atoms with Crippen molar-refractivity contribution >= 4 is 19.8 Å². The van der Waals surface area contributed by atoms with Crippen molar-refractivity contribution < 1.29 is 47.8 Å². The first kappa shape index (κ1) is 60.2. The third-order valence-corrected chi connectivity index (χ3v) is 12.1. The van der Waals surface area contributed by atoms with Gasteiger partial charge in [0.05, 0.1) is 26.4 Å². The van der Waals surface area contributed by atoms with Gasteiger partial charge in [-0.2, -0.15) is 0 Å². The smallest absolute Gasteiger partial charge is 0.457 e. The lowest BCUT2D eigenvalue weighted by atomic mass is 10.0. The zero-order chi connectivity index (χ0) is 45.5. The topological polar surface area (TPSA) is 149 Å². The van der Waals surface area contributed by atoms with Crippen molar-refractivity contribution in [3.05, 3.63) is 36.5 Å². The molecule has 0 heterocycles. The van der Waals surface area contributed by atoms with Crippen LogP contribution in [0.3, 0.4) is 0 Å². The number of phosphoric ester groups is 1. The fraction of sp³-hybridized carbons (Fsp3) is 0.843. The van der Waals surface area contributed by atoms with Gasteiger partial charge >= 0.3 is 19.8 Å². The van der Waals surface area contributed by atoms with E-state index in [9.17, 15) is 29.3 Å². The highest BCUT2D eigenvalue weighted by atomic mass is 31.2. The lowest BCUT2D eigenvalue weighted by Crippen LogP contribution is -2.28. The van der Waals surface area contributed by atoms with E-state index in [-0.39, 0.29) is 12.8 Å². The van der Waals surface area contributed by atoms with Crippen LogP contribution in [0.25, 0.3) is 0 Å². The van der Waals surface area contributed by atoms with Crippen molar-refractivity contribution in [2.24, 2.45) is 0 Å². The molecule has 3 N–H and O–H groups in total. The summed E-state index contributed by atoms with van der Waals surface area (Å²) in [5.41, 5.74) is 0. The molecule has 3 unspecified atom stereocenters. The van der Waals surface area contributed by atoms with Crippen molar-refractivity contribution in [3.63, 3.8) is 0 Å². The zero-order valence-electron chi connectivity index (χ0n) is 39.8. The summed E-state index contributed by atoms with van der Waals surface area (Å²) in [7, 11) is -4.64. The van der Waals surface area contributed by atoms with E-state index in [1.807, 2.05) is 0 Å². The predicted octanol–water partition coefficient (Wildman–Crippen LogP) is 14.3. The molecule has 0 rings (SSSR count). The minimum Gasteiger partial charge on any atom is -0.457 e. The maximum atomic E-state index is 12.4. The van der Waals surface area contributed by atoms with E-state index < -0.39 is 58.4 Å². The summed E-state index contributed by atoms with van der Waals surface area (Å²) in [6.45, 7) is 2.12. The molecular weight excluding hydrogens is 804 g/mol. The number of aliphatic hydroxyl groups excluding tert-OH is 2. The van der Waals surface area contributed by atoms with Gasteiger partial charge in [0.25, 0.3) is 0 Å². The van der Waals surface area contributed by atoms with Gasteiger partial charge in [-0.15, -0.1) is 0 Å². The maximum absolute atomic E-state index is 12.4. The third-order valence-electron chi connectivity index (χ3n) is 11.1. The van der Waals surface area contributed by atoms with Crippen LogP contribution in [0, 0.1) is 0 Å². The molecule has 0 saturated carbocycles. The Kier molecular flexibility index (Phi) is 45.8. The van der Waals surface area contributed by atoms with Gasteiger partial charge in [0, 0.05) is 12.8 Å². The standard InChI is InChI=1S/C51H95O10P/c1-3-5-7-9-11-13-15-17-19-20-21-22-23-24-25-26-27-29-31-33-35-37-39-41-43-51(55)61-49(45-53)47-59-62(56,57)58-46-48(44-52)60-50(54)42-40-38-36-34-32-30-28-18-16-14-12-10-8-6-4-2/h6,8,12,14,18,28,48-49,52-53H,3-5,7,9-11,13,15-17,19-27,29-47H2,1-2H3,(H,56,57)/b8-6-,14-12-,28-18-. The van der Waals surface area contributed by atoms with Gasteiger partial charge in [0.2, 0.25) is 0 Å². The number of esters is 2. The van der Waals surface area contributed by atoms with Crippen molar-refractivity contribution in [2.75, 3.05) is 26.4 Å². The highest BCUT2D eigenvalue weighted by molar-refractivity contribution is 7.47. The molecule has 62 heavy (non-hydrogen) atoms. The molecular formula is C51H95O10P. The number of phosphoric acid groups is 1. The molecule has 0 saturated heterocycles. The van der Waals surface area contributed by atoms with Crippen LogP contribution in [0.5, 0.6) is 0 Å². The molecule has 0 radical (unpaired) electrons. The average Bonchev–Trinajstić information content (AvgIpc) is 3.26. The highest BCUT2D eigenvalue weighted by Crippen LogP contribution is 2.43. The fourth-order valence-corrected chi connectivity index (χ4v) is 8.03. The first-order valence-electron chi connectivity index (χ1n) is 25.4. The summed E-state index contributed by atoms with van der Waals surface area (Å²) in [5, 5.41) is 19.2. The number of carbonyl (C=O) groups excluding carboxylic acids is 2. The van der Waals surface area contributed by atoms with E-state index >= 15 is 0 Å². The number of carbonyl (C=O) groups is 2. The van der Waals surface area contributed by atoms with Crippen LogP contribution in [0.1, 0.15) is 239 Å². The summed E-state index contributed by atoms with van der Waals surface area (Å²) in [4.78, 5) is 34.6. The normalized spacial score (nSPS) is 14.0. The Bertz CT molecular complexity index is 1130. The van der Waals surface area contributed by atoms with E-state index in [0.717, 1.165) is 70.6 Å². The third kappa shape index (κ3) is 44.8. The first-order valence-corrected chi connectivity index (χ1v) is 26.9. The second-order valence-electron chi connectivity index (χ2n) is 17.1.